The number of nitrogens with zero attached hydrogens (tertiary/aromatic N) is 1. The Balaban J connectivity index is 1.54. The minimum atomic E-state index is 0.776. The Hall–Kier alpha value is -1.54. The van der Waals surface area contributed by atoms with Gasteiger partial charge in [0, 0.05) is 19.6 Å². The van der Waals surface area contributed by atoms with E-state index in [2.05, 4.69) is 61.2 Å². The first-order valence-corrected chi connectivity index (χ1v) is 8.04. The highest BCUT2D eigenvalue weighted by Crippen LogP contribution is 2.22. The van der Waals surface area contributed by atoms with Crippen LogP contribution in [0.1, 0.15) is 20.3 Å². The zero-order valence-electron chi connectivity index (χ0n) is 13.1. The van der Waals surface area contributed by atoms with Gasteiger partial charge < -0.3 is 4.74 Å². The number of benzene rings is 2. The number of ether oxygens (including phenoxy) is 1. The van der Waals surface area contributed by atoms with Crippen LogP contribution in [0.3, 0.4) is 0 Å². The molecule has 2 atom stereocenters. The summed E-state index contributed by atoms with van der Waals surface area (Å²) in [5.41, 5.74) is 0. The molecule has 0 bridgehead atoms. The first kappa shape index (κ1) is 14.4. The predicted octanol–water partition coefficient (Wildman–Crippen LogP) is 4.20. The first-order chi connectivity index (χ1) is 10.2. The highest BCUT2D eigenvalue weighted by atomic mass is 16.5. The molecule has 0 spiro atoms. The Morgan fingerprint density at radius 2 is 1.71 bits per heavy atom. The number of likely N-dealkylation sites (tertiary alicyclic amines) is 1. The lowest BCUT2D eigenvalue weighted by atomic mass is 9.92. The summed E-state index contributed by atoms with van der Waals surface area (Å²) >= 11 is 0. The maximum Gasteiger partial charge on any atom is 0.120 e. The third-order valence-electron chi connectivity index (χ3n) is 4.34. The number of rotatable bonds is 4. The summed E-state index contributed by atoms with van der Waals surface area (Å²) in [6.07, 6.45) is 1.36. The lowest BCUT2D eigenvalue weighted by Crippen LogP contribution is -2.40. The molecule has 21 heavy (non-hydrogen) atoms. The third-order valence-corrected chi connectivity index (χ3v) is 4.34. The molecule has 1 heterocycles. The van der Waals surface area contributed by atoms with Crippen LogP contribution in [0.15, 0.2) is 42.5 Å². The van der Waals surface area contributed by atoms with Gasteiger partial charge in [0.15, 0.2) is 0 Å². The molecule has 0 unspecified atom stereocenters. The number of piperidine rings is 1. The second kappa shape index (κ2) is 6.48. The van der Waals surface area contributed by atoms with Crippen LogP contribution >= 0.6 is 0 Å². The standard InChI is InChI=1S/C19H25NO/c1-15-11-16(2)14-20(13-15)9-10-21-19-8-7-17-5-3-4-6-18(17)12-19/h3-8,12,15-16H,9-11,13-14H2,1-2H3/t15-,16+. The molecule has 0 aromatic heterocycles. The van der Waals surface area contributed by atoms with Gasteiger partial charge in [0.1, 0.15) is 12.4 Å². The SMILES string of the molecule is C[C@@H]1C[C@H](C)CN(CCOc2ccc3ccccc3c2)C1. The van der Waals surface area contributed by atoms with E-state index in [1.807, 2.05) is 0 Å². The molecular formula is C19H25NO. The molecule has 0 radical (unpaired) electrons. The molecule has 1 saturated heterocycles. The fourth-order valence-electron chi connectivity index (χ4n) is 3.52. The number of hydrogen-bond acceptors (Lipinski definition) is 2. The van der Waals surface area contributed by atoms with E-state index in [1.54, 1.807) is 0 Å². The minimum Gasteiger partial charge on any atom is -0.492 e. The van der Waals surface area contributed by atoms with Crippen molar-refractivity contribution in [2.24, 2.45) is 11.8 Å². The molecule has 0 aliphatic carbocycles. The minimum absolute atomic E-state index is 0.776. The van der Waals surface area contributed by atoms with Gasteiger partial charge in [-0.05, 0) is 41.2 Å². The fraction of sp³-hybridized carbons (Fsp3) is 0.474. The van der Waals surface area contributed by atoms with Crippen molar-refractivity contribution in [3.05, 3.63) is 42.5 Å². The highest BCUT2D eigenvalue weighted by Gasteiger charge is 2.21. The highest BCUT2D eigenvalue weighted by molar-refractivity contribution is 5.83. The zero-order chi connectivity index (χ0) is 14.7. The summed E-state index contributed by atoms with van der Waals surface area (Å²) in [4.78, 5) is 2.54. The van der Waals surface area contributed by atoms with Crippen molar-refractivity contribution < 1.29 is 4.74 Å². The molecule has 3 rings (SSSR count). The summed E-state index contributed by atoms with van der Waals surface area (Å²) in [6.45, 7) is 8.94. The zero-order valence-corrected chi connectivity index (χ0v) is 13.1. The van der Waals surface area contributed by atoms with Gasteiger partial charge in [-0.15, -0.1) is 0 Å². The largest absolute Gasteiger partial charge is 0.492 e. The Labute approximate surface area is 127 Å². The van der Waals surface area contributed by atoms with E-state index < -0.39 is 0 Å². The van der Waals surface area contributed by atoms with Crippen molar-refractivity contribution in [2.75, 3.05) is 26.2 Å². The normalized spacial score (nSPS) is 23.3. The van der Waals surface area contributed by atoms with Crippen LogP contribution < -0.4 is 4.74 Å². The maximum absolute atomic E-state index is 5.95. The van der Waals surface area contributed by atoms with Crippen molar-refractivity contribution in [1.82, 2.24) is 4.90 Å². The van der Waals surface area contributed by atoms with Crippen molar-refractivity contribution >= 4 is 10.8 Å². The van der Waals surface area contributed by atoms with E-state index in [4.69, 9.17) is 4.74 Å². The van der Waals surface area contributed by atoms with Gasteiger partial charge in [-0.25, -0.2) is 0 Å². The smallest absolute Gasteiger partial charge is 0.120 e. The van der Waals surface area contributed by atoms with E-state index in [0.717, 1.165) is 30.7 Å². The molecule has 1 aliphatic heterocycles. The van der Waals surface area contributed by atoms with Gasteiger partial charge in [-0.2, -0.15) is 0 Å². The molecule has 0 saturated carbocycles. The molecule has 2 nitrogen and oxygen atoms in total. The average molecular weight is 283 g/mol. The summed E-state index contributed by atoms with van der Waals surface area (Å²) in [6, 6.07) is 14.8. The summed E-state index contributed by atoms with van der Waals surface area (Å²) in [7, 11) is 0. The average Bonchev–Trinajstić information content (AvgIpc) is 2.46. The van der Waals surface area contributed by atoms with Gasteiger partial charge in [0.2, 0.25) is 0 Å². The Kier molecular flexibility index (Phi) is 4.45. The van der Waals surface area contributed by atoms with E-state index in [0.29, 0.717) is 0 Å². The fourth-order valence-corrected chi connectivity index (χ4v) is 3.52. The van der Waals surface area contributed by atoms with Gasteiger partial charge >= 0.3 is 0 Å². The van der Waals surface area contributed by atoms with E-state index in [9.17, 15) is 0 Å². The molecular weight excluding hydrogens is 258 g/mol. The molecule has 2 aromatic carbocycles. The molecule has 1 aliphatic rings. The maximum atomic E-state index is 5.95. The quantitative estimate of drug-likeness (QED) is 0.834. The van der Waals surface area contributed by atoms with Crippen molar-refractivity contribution in [3.8, 4) is 5.75 Å². The van der Waals surface area contributed by atoms with Crippen LogP contribution in [0.4, 0.5) is 0 Å². The lowest BCUT2D eigenvalue weighted by Gasteiger charge is -2.34. The topological polar surface area (TPSA) is 12.5 Å². The van der Waals surface area contributed by atoms with Crippen LogP contribution in [0, 0.1) is 11.8 Å². The van der Waals surface area contributed by atoms with Gasteiger partial charge in [0.25, 0.3) is 0 Å². The summed E-state index contributed by atoms with van der Waals surface area (Å²) in [5.74, 6) is 2.61. The summed E-state index contributed by atoms with van der Waals surface area (Å²) in [5, 5.41) is 2.51. The van der Waals surface area contributed by atoms with Crippen molar-refractivity contribution in [2.45, 2.75) is 20.3 Å². The second-order valence-corrected chi connectivity index (χ2v) is 6.56. The monoisotopic (exact) mass is 283 g/mol. The molecule has 2 heteroatoms. The second-order valence-electron chi connectivity index (χ2n) is 6.56. The van der Waals surface area contributed by atoms with Gasteiger partial charge in [-0.3, -0.25) is 4.90 Å². The van der Waals surface area contributed by atoms with Crippen LogP contribution in [-0.4, -0.2) is 31.1 Å². The third kappa shape index (κ3) is 3.76. The lowest BCUT2D eigenvalue weighted by molar-refractivity contribution is 0.121. The van der Waals surface area contributed by atoms with Crippen LogP contribution in [-0.2, 0) is 0 Å². The Morgan fingerprint density at radius 3 is 2.48 bits per heavy atom. The Morgan fingerprint density at radius 1 is 1.00 bits per heavy atom. The van der Waals surface area contributed by atoms with Crippen molar-refractivity contribution in [3.63, 3.8) is 0 Å². The van der Waals surface area contributed by atoms with Gasteiger partial charge in [-0.1, -0.05) is 44.2 Å². The summed E-state index contributed by atoms with van der Waals surface area (Å²) < 4.78 is 5.95. The van der Waals surface area contributed by atoms with Crippen LogP contribution in [0.5, 0.6) is 5.75 Å². The number of hydrogen-bond donors (Lipinski definition) is 0. The van der Waals surface area contributed by atoms with Crippen LogP contribution in [0.25, 0.3) is 10.8 Å². The molecule has 0 N–H and O–H groups in total. The molecule has 0 amide bonds. The molecule has 2 aromatic rings. The van der Waals surface area contributed by atoms with Crippen molar-refractivity contribution in [1.29, 1.82) is 0 Å². The predicted molar refractivity (Wildman–Crippen MR) is 88.8 cm³/mol. The van der Waals surface area contributed by atoms with E-state index in [-0.39, 0.29) is 0 Å². The first-order valence-electron chi connectivity index (χ1n) is 8.04. The molecule has 112 valence electrons. The number of fused-ring (bicyclic) bond motifs is 1. The van der Waals surface area contributed by atoms with Crippen LogP contribution in [0.2, 0.25) is 0 Å². The molecule has 1 fully saturated rings. The Bertz CT molecular complexity index is 585. The van der Waals surface area contributed by atoms with Gasteiger partial charge in [0.05, 0.1) is 0 Å². The van der Waals surface area contributed by atoms with E-state index >= 15 is 0 Å². The van der Waals surface area contributed by atoms with E-state index in [1.165, 1.54) is 30.3 Å².